The number of morpholine rings is 1. The number of nitrogens with zero attached hydrogens (tertiary/aromatic N) is 3. The van der Waals surface area contributed by atoms with Gasteiger partial charge in [-0.15, -0.1) is 0 Å². The number of aryl methyl sites for hydroxylation is 1. The molecule has 0 aliphatic carbocycles. The van der Waals surface area contributed by atoms with Crippen LogP contribution in [0.3, 0.4) is 0 Å². The molecule has 1 fully saturated rings. The highest BCUT2D eigenvalue weighted by Gasteiger charge is 2.13. The maximum Gasteiger partial charge on any atom is 0.244 e. The first-order valence-electron chi connectivity index (χ1n) is 10.5. The van der Waals surface area contributed by atoms with Crippen LogP contribution in [0.25, 0.3) is 11.4 Å². The molecular formula is C23H27N5O2S. The molecule has 2 N–H and O–H groups in total. The van der Waals surface area contributed by atoms with E-state index in [0.29, 0.717) is 10.6 Å². The molecule has 0 bridgehead atoms. The molecule has 0 spiro atoms. The molecule has 4 rings (SSSR count). The van der Waals surface area contributed by atoms with Crippen LogP contribution in [0.1, 0.15) is 11.1 Å². The van der Waals surface area contributed by atoms with Gasteiger partial charge in [0, 0.05) is 30.9 Å². The first-order chi connectivity index (χ1) is 15.1. The maximum atomic E-state index is 12.7. The summed E-state index contributed by atoms with van der Waals surface area (Å²) in [5.74, 6) is 0.509. The standard InChI is InChI=1S/C23H27N5O2S/c1-17-3-2-4-19(15-17)22-25-26-23(31)28(22)16-21(29)24-20-7-5-18(6-8-20)9-10-27-11-13-30-14-12-27/h2-8,15H,9-14,16H2,1H3,(H,24,29)(H,26,31). The molecule has 2 heterocycles. The van der Waals surface area contributed by atoms with Gasteiger partial charge in [0.25, 0.3) is 0 Å². The molecule has 3 aromatic rings. The summed E-state index contributed by atoms with van der Waals surface area (Å²) in [7, 11) is 0. The minimum absolute atomic E-state index is 0.0946. The summed E-state index contributed by atoms with van der Waals surface area (Å²) in [5, 5.41) is 10.1. The summed E-state index contributed by atoms with van der Waals surface area (Å²) < 4.78 is 7.53. The first kappa shape index (κ1) is 21.4. The predicted molar refractivity (Wildman–Crippen MR) is 124 cm³/mol. The van der Waals surface area contributed by atoms with Gasteiger partial charge >= 0.3 is 0 Å². The van der Waals surface area contributed by atoms with E-state index in [0.717, 1.165) is 56.1 Å². The van der Waals surface area contributed by atoms with E-state index in [2.05, 4.69) is 32.5 Å². The zero-order valence-corrected chi connectivity index (χ0v) is 18.5. The highest BCUT2D eigenvalue weighted by Crippen LogP contribution is 2.19. The highest BCUT2D eigenvalue weighted by molar-refractivity contribution is 7.71. The van der Waals surface area contributed by atoms with Gasteiger partial charge in [0.2, 0.25) is 5.91 Å². The number of hydrogen-bond acceptors (Lipinski definition) is 5. The number of hydrogen-bond donors (Lipinski definition) is 2. The number of rotatable bonds is 7. The van der Waals surface area contributed by atoms with Crippen molar-refractivity contribution >= 4 is 23.8 Å². The van der Waals surface area contributed by atoms with E-state index >= 15 is 0 Å². The lowest BCUT2D eigenvalue weighted by Gasteiger charge is -2.26. The third-order valence-electron chi connectivity index (χ3n) is 5.39. The van der Waals surface area contributed by atoms with Crippen molar-refractivity contribution in [1.29, 1.82) is 0 Å². The zero-order valence-electron chi connectivity index (χ0n) is 17.6. The van der Waals surface area contributed by atoms with Crippen molar-refractivity contribution in [1.82, 2.24) is 19.7 Å². The van der Waals surface area contributed by atoms with Crippen LogP contribution in [0.2, 0.25) is 0 Å². The second-order valence-electron chi connectivity index (χ2n) is 7.76. The average molecular weight is 438 g/mol. The number of anilines is 1. The van der Waals surface area contributed by atoms with Gasteiger partial charge in [-0.05, 0) is 49.3 Å². The van der Waals surface area contributed by atoms with Crippen molar-refractivity contribution in [2.75, 3.05) is 38.2 Å². The van der Waals surface area contributed by atoms with Crippen molar-refractivity contribution in [3.8, 4) is 11.4 Å². The van der Waals surface area contributed by atoms with Crippen molar-refractivity contribution in [2.24, 2.45) is 0 Å². The fourth-order valence-corrected chi connectivity index (χ4v) is 3.88. The summed E-state index contributed by atoms with van der Waals surface area (Å²) in [6, 6.07) is 16.0. The molecule has 0 saturated carbocycles. The van der Waals surface area contributed by atoms with Gasteiger partial charge in [0.05, 0.1) is 13.2 Å². The SMILES string of the molecule is Cc1cccc(-c2n[nH]c(=S)n2CC(=O)Nc2ccc(CCN3CCOCC3)cc2)c1. The van der Waals surface area contributed by atoms with Crippen LogP contribution < -0.4 is 5.32 Å². The van der Waals surface area contributed by atoms with Gasteiger partial charge in [-0.1, -0.05) is 35.9 Å². The van der Waals surface area contributed by atoms with E-state index in [1.165, 1.54) is 5.56 Å². The molecule has 1 saturated heterocycles. The Balaban J connectivity index is 1.36. The number of benzene rings is 2. The summed E-state index contributed by atoms with van der Waals surface area (Å²) in [6.45, 7) is 6.76. The minimum atomic E-state index is -0.146. The van der Waals surface area contributed by atoms with Crippen LogP contribution in [0.5, 0.6) is 0 Å². The highest BCUT2D eigenvalue weighted by atomic mass is 32.1. The Labute approximate surface area is 187 Å². The molecule has 2 aromatic carbocycles. The Hall–Kier alpha value is -2.81. The van der Waals surface area contributed by atoms with Crippen LogP contribution in [0, 0.1) is 11.7 Å². The number of aromatic nitrogens is 3. The summed E-state index contributed by atoms with van der Waals surface area (Å²) in [6.07, 6.45) is 0.984. The third-order valence-corrected chi connectivity index (χ3v) is 5.71. The van der Waals surface area contributed by atoms with E-state index in [4.69, 9.17) is 17.0 Å². The van der Waals surface area contributed by atoms with Gasteiger partial charge in [-0.2, -0.15) is 5.10 Å². The molecule has 7 nitrogen and oxygen atoms in total. The van der Waals surface area contributed by atoms with Gasteiger partial charge in [-0.3, -0.25) is 19.4 Å². The van der Waals surface area contributed by atoms with Gasteiger partial charge in [0.15, 0.2) is 10.6 Å². The number of carbonyl (C=O) groups excluding carboxylic acids is 1. The predicted octanol–water partition coefficient (Wildman–Crippen LogP) is 3.43. The average Bonchev–Trinajstić information content (AvgIpc) is 3.14. The van der Waals surface area contributed by atoms with Crippen molar-refractivity contribution < 1.29 is 9.53 Å². The molecule has 1 aliphatic heterocycles. The number of carbonyl (C=O) groups is 1. The summed E-state index contributed by atoms with van der Waals surface area (Å²) in [4.78, 5) is 15.1. The monoisotopic (exact) mass is 437 g/mol. The molecular weight excluding hydrogens is 410 g/mol. The van der Waals surface area contributed by atoms with Crippen molar-refractivity contribution in [3.05, 3.63) is 64.4 Å². The Bertz CT molecular complexity index is 1080. The topological polar surface area (TPSA) is 75.2 Å². The molecule has 0 atom stereocenters. The van der Waals surface area contributed by atoms with E-state index in [1.807, 2.05) is 43.3 Å². The molecule has 8 heteroatoms. The van der Waals surface area contributed by atoms with Crippen LogP contribution in [-0.2, 0) is 22.5 Å². The second-order valence-corrected chi connectivity index (χ2v) is 8.14. The lowest BCUT2D eigenvalue weighted by Crippen LogP contribution is -2.37. The molecule has 0 radical (unpaired) electrons. The third kappa shape index (κ3) is 5.66. The second kappa shape index (κ2) is 10.00. The van der Waals surface area contributed by atoms with Gasteiger partial charge in [-0.25, -0.2) is 0 Å². The number of nitrogens with one attached hydrogen (secondary N) is 2. The van der Waals surface area contributed by atoms with Gasteiger partial charge < -0.3 is 10.1 Å². The number of amides is 1. The Morgan fingerprint density at radius 2 is 1.97 bits per heavy atom. The number of aromatic amines is 1. The molecule has 1 amide bonds. The van der Waals surface area contributed by atoms with Gasteiger partial charge in [0.1, 0.15) is 6.54 Å². The normalized spacial score (nSPS) is 14.5. The molecule has 31 heavy (non-hydrogen) atoms. The fourth-order valence-electron chi connectivity index (χ4n) is 3.68. The number of ether oxygens (including phenoxy) is 1. The maximum absolute atomic E-state index is 12.7. The molecule has 0 unspecified atom stereocenters. The quantitative estimate of drug-likeness (QED) is 0.554. The van der Waals surface area contributed by atoms with Crippen LogP contribution in [-0.4, -0.2) is 58.4 Å². The fraction of sp³-hybridized carbons (Fsp3) is 0.348. The smallest absolute Gasteiger partial charge is 0.244 e. The summed E-state index contributed by atoms with van der Waals surface area (Å²) in [5.41, 5.74) is 4.07. The zero-order chi connectivity index (χ0) is 21.6. The van der Waals surface area contributed by atoms with E-state index in [1.54, 1.807) is 4.57 Å². The lowest BCUT2D eigenvalue weighted by molar-refractivity contribution is -0.116. The summed E-state index contributed by atoms with van der Waals surface area (Å²) >= 11 is 5.34. The minimum Gasteiger partial charge on any atom is -0.379 e. The van der Waals surface area contributed by atoms with E-state index < -0.39 is 0 Å². The van der Waals surface area contributed by atoms with Crippen LogP contribution in [0.4, 0.5) is 5.69 Å². The van der Waals surface area contributed by atoms with Crippen molar-refractivity contribution in [3.63, 3.8) is 0 Å². The largest absolute Gasteiger partial charge is 0.379 e. The van der Waals surface area contributed by atoms with Crippen LogP contribution >= 0.6 is 12.2 Å². The Morgan fingerprint density at radius 3 is 2.71 bits per heavy atom. The van der Waals surface area contributed by atoms with Crippen molar-refractivity contribution in [2.45, 2.75) is 19.9 Å². The Kier molecular flexibility index (Phi) is 6.91. The molecule has 1 aliphatic rings. The molecule has 162 valence electrons. The van der Waals surface area contributed by atoms with Crippen LogP contribution in [0.15, 0.2) is 48.5 Å². The van der Waals surface area contributed by atoms with E-state index in [9.17, 15) is 4.79 Å². The molecule has 1 aromatic heterocycles. The first-order valence-corrected chi connectivity index (χ1v) is 10.9. The Morgan fingerprint density at radius 1 is 1.19 bits per heavy atom. The lowest BCUT2D eigenvalue weighted by atomic mass is 10.1. The van der Waals surface area contributed by atoms with E-state index in [-0.39, 0.29) is 12.5 Å². The number of H-pyrrole nitrogens is 1.